The van der Waals surface area contributed by atoms with Crippen LogP contribution < -0.4 is 14.4 Å². The molecule has 0 aromatic heterocycles. The van der Waals surface area contributed by atoms with E-state index in [0.29, 0.717) is 23.8 Å². The zero-order chi connectivity index (χ0) is 34.0. The summed E-state index contributed by atoms with van der Waals surface area (Å²) in [6.45, 7) is 7.69. The van der Waals surface area contributed by atoms with Crippen LogP contribution in [0, 0.1) is 6.92 Å². The van der Waals surface area contributed by atoms with Crippen molar-refractivity contribution < 1.29 is 22.7 Å². The summed E-state index contributed by atoms with van der Waals surface area (Å²) in [5.41, 5.74) is 2.94. The number of anilines is 1. The highest BCUT2D eigenvalue weighted by Crippen LogP contribution is 2.28. The third-order valence-corrected chi connectivity index (χ3v) is 10.0. The van der Waals surface area contributed by atoms with Crippen molar-refractivity contribution in [2.24, 2.45) is 0 Å². The molecule has 0 saturated heterocycles. The van der Waals surface area contributed by atoms with Crippen molar-refractivity contribution >= 4 is 39.1 Å². The van der Waals surface area contributed by atoms with E-state index < -0.39 is 28.5 Å². The minimum absolute atomic E-state index is 0.0237. The molecule has 0 saturated carbocycles. The number of rotatable bonds is 15. The molecule has 248 valence electrons. The highest BCUT2D eigenvalue weighted by Gasteiger charge is 2.35. The summed E-state index contributed by atoms with van der Waals surface area (Å²) in [4.78, 5) is 30.1. The topological polar surface area (TPSA) is 96.0 Å². The number of aryl methyl sites for hydroxylation is 1. The van der Waals surface area contributed by atoms with E-state index in [9.17, 15) is 18.0 Å². The maximum Gasteiger partial charge on any atom is 0.264 e. The molecule has 0 fully saturated rings. The Bertz CT molecular complexity index is 1730. The lowest BCUT2D eigenvalue weighted by Gasteiger charge is -2.34. The summed E-state index contributed by atoms with van der Waals surface area (Å²) in [7, 11) is -4.25. The van der Waals surface area contributed by atoms with Crippen molar-refractivity contribution in [2.45, 2.75) is 64.1 Å². The molecular weight excluding hydrogens is 634 g/mol. The van der Waals surface area contributed by atoms with Gasteiger partial charge in [-0.3, -0.25) is 13.9 Å². The Hall–Kier alpha value is -4.34. The van der Waals surface area contributed by atoms with Crippen LogP contribution in [0.5, 0.6) is 5.75 Å². The Morgan fingerprint density at radius 2 is 1.51 bits per heavy atom. The van der Waals surface area contributed by atoms with Gasteiger partial charge >= 0.3 is 0 Å². The fourth-order valence-corrected chi connectivity index (χ4v) is 6.64. The maximum absolute atomic E-state index is 14.6. The third-order valence-electron chi connectivity index (χ3n) is 7.99. The number of halogens is 1. The SMILES string of the molecule is CCOc1ccc(N(CC(=O)N(Cc2ccccc2C)[C@@H](Cc2ccccc2)C(=O)N[C@H](C)CC)S(=O)(=O)c2ccc(Cl)cc2)cc1. The van der Waals surface area contributed by atoms with E-state index in [2.05, 4.69) is 5.32 Å². The first-order valence-corrected chi connectivity index (χ1v) is 17.5. The molecular formula is C37H42ClN3O5S. The van der Waals surface area contributed by atoms with Crippen LogP contribution in [-0.4, -0.2) is 50.4 Å². The van der Waals surface area contributed by atoms with Gasteiger partial charge in [0.2, 0.25) is 11.8 Å². The number of hydrogen-bond donors (Lipinski definition) is 1. The number of carbonyl (C=O) groups excluding carboxylic acids is 2. The number of ether oxygens (including phenoxy) is 1. The summed E-state index contributed by atoms with van der Waals surface area (Å²) in [6.07, 6.45) is 0.952. The Morgan fingerprint density at radius 1 is 0.872 bits per heavy atom. The van der Waals surface area contributed by atoms with Gasteiger partial charge in [-0.25, -0.2) is 8.42 Å². The zero-order valence-corrected chi connectivity index (χ0v) is 28.8. The van der Waals surface area contributed by atoms with E-state index in [1.54, 1.807) is 24.3 Å². The van der Waals surface area contributed by atoms with E-state index in [1.165, 1.54) is 29.2 Å². The van der Waals surface area contributed by atoms with Gasteiger partial charge in [0.1, 0.15) is 18.3 Å². The van der Waals surface area contributed by atoms with Crippen molar-refractivity contribution in [3.8, 4) is 5.75 Å². The minimum Gasteiger partial charge on any atom is -0.494 e. The van der Waals surface area contributed by atoms with Crippen molar-refractivity contribution in [3.63, 3.8) is 0 Å². The summed E-state index contributed by atoms with van der Waals surface area (Å²) in [5, 5.41) is 3.44. The largest absolute Gasteiger partial charge is 0.494 e. The van der Waals surface area contributed by atoms with Crippen LogP contribution in [-0.2, 0) is 32.6 Å². The molecule has 8 nitrogen and oxygen atoms in total. The molecule has 0 heterocycles. The van der Waals surface area contributed by atoms with Gasteiger partial charge in [-0.05, 0) is 92.4 Å². The van der Waals surface area contributed by atoms with Gasteiger partial charge in [-0.15, -0.1) is 0 Å². The average molecular weight is 676 g/mol. The first kappa shape index (κ1) is 35.5. The van der Waals surface area contributed by atoms with Crippen LogP contribution in [0.15, 0.2) is 108 Å². The van der Waals surface area contributed by atoms with E-state index in [-0.39, 0.29) is 35.5 Å². The highest BCUT2D eigenvalue weighted by atomic mass is 35.5. The van der Waals surface area contributed by atoms with Crippen molar-refractivity contribution in [2.75, 3.05) is 17.5 Å². The number of hydrogen-bond acceptors (Lipinski definition) is 5. The molecule has 4 aromatic carbocycles. The molecule has 0 radical (unpaired) electrons. The molecule has 0 spiro atoms. The van der Waals surface area contributed by atoms with Crippen LogP contribution in [0.4, 0.5) is 5.69 Å². The number of benzene rings is 4. The average Bonchev–Trinajstić information content (AvgIpc) is 3.07. The monoisotopic (exact) mass is 675 g/mol. The van der Waals surface area contributed by atoms with E-state index in [0.717, 1.165) is 21.0 Å². The molecule has 2 amide bonds. The normalized spacial score (nSPS) is 12.5. The Kier molecular flexibility index (Phi) is 12.4. The second kappa shape index (κ2) is 16.5. The molecule has 0 aliphatic rings. The van der Waals surface area contributed by atoms with Crippen molar-refractivity contribution in [1.82, 2.24) is 10.2 Å². The van der Waals surface area contributed by atoms with E-state index >= 15 is 0 Å². The lowest BCUT2D eigenvalue weighted by atomic mass is 10.0. The van der Waals surface area contributed by atoms with Crippen LogP contribution >= 0.6 is 11.6 Å². The van der Waals surface area contributed by atoms with Crippen LogP contribution in [0.25, 0.3) is 0 Å². The summed E-state index contributed by atoms with van der Waals surface area (Å²) >= 11 is 6.08. The van der Waals surface area contributed by atoms with Gasteiger partial charge in [-0.2, -0.15) is 0 Å². The molecule has 0 bridgehead atoms. The van der Waals surface area contributed by atoms with Crippen molar-refractivity contribution in [3.05, 3.63) is 125 Å². The third kappa shape index (κ3) is 9.36. The standard InChI is InChI=1S/C37H42ClN3O5S/c1-5-28(4)39-37(43)35(24-29-13-8-7-9-14-29)40(25-30-15-11-10-12-27(30)3)36(42)26-41(32-18-20-33(21-19-32)46-6-2)47(44,45)34-22-16-31(38)17-23-34/h7-23,28,35H,5-6,24-26H2,1-4H3,(H,39,43)/t28-,35+/m1/s1. The number of nitrogens with zero attached hydrogens (tertiary/aromatic N) is 2. The lowest BCUT2D eigenvalue weighted by molar-refractivity contribution is -0.140. The van der Waals surface area contributed by atoms with E-state index in [4.69, 9.17) is 16.3 Å². The lowest BCUT2D eigenvalue weighted by Crippen LogP contribution is -2.54. The highest BCUT2D eigenvalue weighted by molar-refractivity contribution is 7.92. The number of sulfonamides is 1. The zero-order valence-electron chi connectivity index (χ0n) is 27.2. The molecule has 0 aliphatic carbocycles. The smallest absolute Gasteiger partial charge is 0.264 e. The van der Waals surface area contributed by atoms with Gasteiger partial charge < -0.3 is 15.0 Å². The number of carbonyl (C=O) groups is 2. The second-order valence-electron chi connectivity index (χ2n) is 11.4. The summed E-state index contributed by atoms with van der Waals surface area (Å²) in [5.74, 6) is -0.268. The Morgan fingerprint density at radius 3 is 2.13 bits per heavy atom. The quantitative estimate of drug-likeness (QED) is 0.150. The molecule has 10 heteroatoms. The fraction of sp³-hybridized carbons (Fsp3) is 0.297. The molecule has 0 unspecified atom stereocenters. The first-order valence-electron chi connectivity index (χ1n) is 15.7. The summed E-state index contributed by atoms with van der Waals surface area (Å²) in [6, 6.07) is 28.4. The fourth-order valence-electron chi connectivity index (χ4n) is 5.10. The predicted molar refractivity (Wildman–Crippen MR) is 187 cm³/mol. The van der Waals surface area contributed by atoms with Crippen LogP contribution in [0.1, 0.15) is 43.9 Å². The molecule has 2 atom stereocenters. The van der Waals surface area contributed by atoms with Gasteiger partial charge in [-0.1, -0.05) is 73.1 Å². The molecule has 0 aliphatic heterocycles. The van der Waals surface area contributed by atoms with Gasteiger partial charge in [0.15, 0.2) is 0 Å². The summed E-state index contributed by atoms with van der Waals surface area (Å²) < 4.78 is 35.1. The second-order valence-corrected chi connectivity index (χ2v) is 13.7. The Balaban J connectivity index is 1.81. The Labute approximate surface area is 283 Å². The molecule has 4 rings (SSSR count). The van der Waals surface area contributed by atoms with Crippen LogP contribution in [0.3, 0.4) is 0 Å². The van der Waals surface area contributed by atoms with Crippen molar-refractivity contribution in [1.29, 1.82) is 0 Å². The maximum atomic E-state index is 14.6. The molecule has 47 heavy (non-hydrogen) atoms. The number of nitrogens with one attached hydrogen (secondary N) is 1. The van der Waals surface area contributed by atoms with E-state index in [1.807, 2.05) is 82.3 Å². The van der Waals surface area contributed by atoms with Gasteiger partial charge in [0, 0.05) is 24.0 Å². The predicted octanol–water partition coefficient (Wildman–Crippen LogP) is 6.80. The number of amides is 2. The molecule has 1 N–H and O–H groups in total. The minimum atomic E-state index is -4.25. The first-order chi connectivity index (χ1) is 22.5. The van der Waals surface area contributed by atoms with Crippen LogP contribution in [0.2, 0.25) is 5.02 Å². The molecule has 4 aromatic rings. The van der Waals surface area contributed by atoms with Gasteiger partial charge in [0.25, 0.3) is 10.0 Å². The van der Waals surface area contributed by atoms with Gasteiger partial charge in [0.05, 0.1) is 17.2 Å².